The number of amides is 1. The topological polar surface area (TPSA) is 110 Å². The van der Waals surface area contributed by atoms with Crippen molar-refractivity contribution < 1.29 is 14.7 Å². The number of primary amides is 1. The van der Waals surface area contributed by atoms with Gasteiger partial charge >= 0.3 is 5.97 Å². The van der Waals surface area contributed by atoms with E-state index in [4.69, 9.17) is 16.6 Å². The van der Waals surface area contributed by atoms with Crippen LogP contribution in [0.5, 0.6) is 0 Å². The highest BCUT2D eigenvalue weighted by Crippen LogP contribution is 2.22. The normalized spacial score (nSPS) is 22.9. The zero-order valence-corrected chi connectivity index (χ0v) is 11.4. The summed E-state index contributed by atoms with van der Waals surface area (Å²) < 4.78 is 0. The molecule has 2 rings (SSSR count). The zero-order valence-electron chi connectivity index (χ0n) is 11.4. The highest BCUT2D eigenvalue weighted by molar-refractivity contribution is 5.93. The van der Waals surface area contributed by atoms with Crippen molar-refractivity contribution in [1.29, 1.82) is 0 Å². The summed E-state index contributed by atoms with van der Waals surface area (Å²) in [6.07, 6.45) is 0.445. The summed E-state index contributed by atoms with van der Waals surface area (Å²) in [5.74, 6) is -1.41. The van der Waals surface area contributed by atoms with Crippen LogP contribution in [0, 0.1) is 6.92 Å². The molecule has 1 saturated heterocycles. The van der Waals surface area contributed by atoms with Crippen molar-refractivity contribution >= 4 is 11.9 Å². The monoisotopic (exact) mass is 277 g/mol. The first-order chi connectivity index (χ1) is 9.32. The highest BCUT2D eigenvalue weighted by atomic mass is 16.4. The molecule has 0 aliphatic carbocycles. The van der Waals surface area contributed by atoms with Gasteiger partial charge in [-0.3, -0.25) is 14.5 Å². The van der Waals surface area contributed by atoms with Crippen LogP contribution in [-0.2, 0) is 11.3 Å². The van der Waals surface area contributed by atoms with Gasteiger partial charge in [0, 0.05) is 25.2 Å². The number of likely N-dealkylation sites (tertiary alicyclic amines) is 1. The van der Waals surface area contributed by atoms with E-state index >= 15 is 0 Å². The lowest BCUT2D eigenvalue weighted by molar-refractivity contribution is -0.142. The molecule has 1 atom stereocenters. The number of aryl methyl sites for hydroxylation is 1. The number of carbonyl (C=O) groups is 2. The number of nitrogens with two attached hydrogens (primary N) is 2. The van der Waals surface area contributed by atoms with Crippen molar-refractivity contribution in [3.63, 3.8) is 0 Å². The number of hydrogen-bond acceptors (Lipinski definition) is 4. The summed E-state index contributed by atoms with van der Waals surface area (Å²) in [5, 5.41) is 9.11. The third-order valence-electron chi connectivity index (χ3n) is 3.83. The summed E-state index contributed by atoms with van der Waals surface area (Å²) in [7, 11) is 0. The van der Waals surface area contributed by atoms with Crippen LogP contribution in [0.3, 0.4) is 0 Å². The first-order valence-electron chi connectivity index (χ1n) is 6.46. The fourth-order valence-corrected chi connectivity index (χ4v) is 2.49. The largest absolute Gasteiger partial charge is 0.480 e. The van der Waals surface area contributed by atoms with Gasteiger partial charge in [-0.15, -0.1) is 0 Å². The van der Waals surface area contributed by atoms with Crippen molar-refractivity contribution in [1.82, 2.24) is 4.90 Å². The number of carboxylic acid groups (broad SMARTS) is 1. The van der Waals surface area contributed by atoms with E-state index in [0.29, 0.717) is 31.6 Å². The minimum Gasteiger partial charge on any atom is -0.480 e. The lowest BCUT2D eigenvalue weighted by atomic mass is 10.0. The Morgan fingerprint density at radius 3 is 2.65 bits per heavy atom. The van der Waals surface area contributed by atoms with Gasteiger partial charge in [-0.05, 0) is 36.6 Å². The van der Waals surface area contributed by atoms with Gasteiger partial charge in [-0.2, -0.15) is 0 Å². The Balaban J connectivity index is 2.09. The molecule has 0 radical (unpaired) electrons. The van der Waals surface area contributed by atoms with Gasteiger partial charge in [0.05, 0.1) is 0 Å². The maximum atomic E-state index is 11.1. The SMILES string of the molecule is Cc1cc(C(N)=O)ccc1CN1CCC(N)(C(=O)O)C1. The summed E-state index contributed by atoms with van der Waals surface area (Å²) in [5.41, 5.74) is 12.4. The molecule has 0 bridgehead atoms. The molecule has 1 unspecified atom stereocenters. The van der Waals surface area contributed by atoms with E-state index in [1.54, 1.807) is 12.1 Å². The van der Waals surface area contributed by atoms with E-state index in [1.165, 1.54) is 0 Å². The number of carbonyl (C=O) groups excluding carboxylic acids is 1. The van der Waals surface area contributed by atoms with Crippen molar-refractivity contribution in [2.24, 2.45) is 11.5 Å². The Labute approximate surface area is 117 Å². The van der Waals surface area contributed by atoms with E-state index < -0.39 is 17.4 Å². The third-order valence-corrected chi connectivity index (χ3v) is 3.83. The number of aliphatic carboxylic acids is 1. The predicted octanol–water partition coefficient (Wildman–Crippen LogP) is 0.0817. The Morgan fingerprint density at radius 2 is 2.15 bits per heavy atom. The molecule has 108 valence electrons. The lowest BCUT2D eigenvalue weighted by Gasteiger charge is -2.20. The average Bonchev–Trinajstić information content (AvgIpc) is 2.75. The quantitative estimate of drug-likeness (QED) is 0.722. The molecule has 0 aromatic heterocycles. The molecule has 1 aliphatic heterocycles. The minimum atomic E-state index is -1.15. The number of benzene rings is 1. The van der Waals surface area contributed by atoms with Crippen LogP contribution >= 0.6 is 0 Å². The van der Waals surface area contributed by atoms with Gasteiger partial charge in [-0.25, -0.2) is 0 Å². The molecule has 1 aliphatic rings. The second-order valence-electron chi connectivity index (χ2n) is 5.43. The van der Waals surface area contributed by atoms with Crippen LogP contribution in [0.15, 0.2) is 18.2 Å². The molecule has 1 fully saturated rings. The molecular formula is C14H19N3O3. The molecule has 1 heterocycles. The molecular weight excluding hydrogens is 258 g/mol. The first kappa shape index (κ1) is 14.5. The van der Waals surface area contributed by atoms with Crippen LogP contribution in [0.25, 0.3) is 0 Å². The van der Waals surface area contributed by atoms with Crippen LogP contribution in [-0.4, -0.2) is 40.5 Å². The van der Waals surface area contributed by atoms with Crippen LogP contribution in [0.2, 0.25) is 0 Å². The average molecular weight is 277 g/mol. The summed E-state index contributed by atoms with van der Waals surface area (Å²) in [4.78, 5) is 24.2. The standard InChI is InChI=1S/C14H19N3O3/c1-9-6-10(12(15)18)2-3-11(9)7-17-5-4-14(16,8-17)13(19)20/h2-3,6H,4-5,7-8,16H2,1H3,(H2,15,18)(H,19,20). The fourth-order valence-electron chi connectivity index (χ4n) is 2.49. The molecule has 1 aromatic carbocycles. The number of rotatable bonds is 4. The van der Waals surface area contributed by atoms with Crippen molar-refractivity contribution in [2.75, 3.05) is 13.1 Å². The zero-order chi connectivity index (χ0) is 14.9. The maximum absolute atomic E-state index is 11.1. The van der Waals surface area contributed by atoms with Gasteiger partial charge in [0.2, 0.25) is 5.91 Å². The van der Waals surface area contributed by atoms with Crippen molar-refractivity contribution in [2.45, 2.75) is 25.4 Å². The second-order valence-corrected chi connectivity index (χ2v) is 5.43. The predicted molar refractivity (Wildman–Crippen MR) is 74.1 cm³/mol. The molecule has 6 heteroatoms. The Bertz CT molecular complexity index is 559. The van der Waals surface area contributed by atoms with E-state index in [2.05, 4.69) is 0 Å². The summed E-state index contributed by atoms with van der Waals surface area (Å²) >= 11 is 0. The molecule has 1 aromatic rings. The number of nitrogens with zero attached hydrogens (tertiary/aromatic N) is 1. The van der Waals surface area contributed by atoms with E-state index in [-0.39, 0.29) is 0 Å². The highest BCUT2D eigenvalue weighted by Gasteiger charge is 2.41. The van der Waals surface area contributed by atoms with Crippen LogP contribution in [0.4, 0.5) is 0 Å². The molecule has 6 nitrogen and oxygen atoms in total. The van der Waals surface area contributed by atoms with Gasteiger partial charge in [0.1, 0.15) is 5.54 Å². The maximum Gasteiger partial charge on any atom is 0.325 e. The van der Waals surface area contributed by atoms with Crippen LogP contribution in [0.1, 0.15) is 27.9 Å². The summed E-state index contributed by atoms with van der Waals surface area (Å²) in [6, 6.07) is 5.29. The van der Waals surface area contributed by atoms with Gasteiger partial charge in [-0.1, -0.05) is 6.07 Å². The van der Waals surface area contributed by atoms with E-state index in [1.807, 2.05) is 17.9 Å². The van der Waals surface area contributed by atoms with E-state index in [0.717, 1.165) is 11.1 Å². The third kappa shape index (κ3) is 2.81. The van der Waals surface area contributed by atoms with Gasteiger partial charge in [0.25, 0.3) is 0 Å². The fraction of sp³-hybridized carbons (Fsp3) is 0.429. The second kappa shape index (κ2) is 5.22. The number of hydrogen-bond donors (Lipinski definition) is 3. The Hall–Kier alpha value is -1.92. The molecule has 0 spiro atoms. The summed E-state index contributed by atoms with van der Waals surface area (Å²) in [6.45, 7) is 3.51. The minimum absolute atomic E-state index is 0.333. The lowest BCUT2D eigenvalue weighted by Crippen LogP contribution is -2.50. The number of carboxylic acids is 1. The van der Waals surface area contributed by atoms with Crippen LogP contribution < -0.4 is 11.5 Å². The Morgan fingerprint density at radius 1 is 1.45 bits per heavy atom. The Kier molecular flexibility index (Phi) is 3.78. The molecule has 5 N–H and O–H groups in total. The molecule has 1 amide bonds. The van der Waals surface area contributed by atoms with E-state index in [9.17, 15) is 9.59 Å². The first-order valence-corrected chi connectivity index (χ1v) is 6.46. The van der Waals surface area contributed by atoms with Crippen molar-refractivity contribution in [3.8, 4) is 0 Å². The molecule has 20 heavy (non-hydrogen) atoms. The van der Waals surface area contributed by atoms with Gasteiger partial charge < -0.3 is 16.6 Å². The molecule has 0 saturated carbocycles. The van der Waals surface area contributed by atoms with Gasteiger partial charge in [0.15, 0.2) is 0 Å². The smallest absolute Gasteiger partial charge is 0.325 e. The van der Waals surface area contributed by atoms with Crippen molar-refractivity contribution in [3.05, 3.63) is 34.9 Å².